The Balaban J connectivity index is 1.86. The van der Waals surface area contributed by atoms with Crippen molar-refractivity contribution in [1.29, 1.82) is 0 Å². The SMILES string of the molecule is CC(c1ccccc1)C1C[C@@H](N)c2cc(Br)ccc2O1. The summed E-state index contributed by atoms with van der Waals surface area (Å²) in [5, 5.41) is 0. The Morgan fingerprint density at radius 1 is 1.20 bits per heavy atom. The third-order valence-corrected chi connectivity index (χ3v) is 4.51. The van der Waals surface area contributed by atoms with Gasteiger partial charge in [0.15, 0.2) is 0 Å². The van der Waals surface area contributed by atoms with Crippen molar-refractivity contribution in [3.05, 3.63) is 64.1 Å². The summed E-state index contributed by atoms with van der Waals surface area (Å²) in [6.45, 7) is 2.20. The van der Waals surface area contributed by atoms with E-state index in [1.807, 2.05) is 18.2 Å². The molecule has 1 heterocycles. The van der Waals surface area contributed by atoms with Crippen LogP contribution in [0.25, 0.3) is 0 Å². The Hall–Kier alpha value is -1.32. The molecule has 3 atom stereocenters. The maximum atomic E-state index is 6.32. The highest BCUT2D eigenvalue weighted by Gasteiger charge is 2.30. The summed E-state index contributed by atoms with van der Waals surface area (Å²) in [7, 11) is 0. The molecule has 2 aromatic carbocycles. The number of halogens is 1. The quantitative estimate of drug-likeness (QED) is 0.884. The van der Waals surface area contributed by atoms with Gasteiger partial charge in [-0.15, -0.1) is 0 Å². The fraction of sp³-hybridized carbons (Fsp3) is 0.294. The molecule has 0 bridgehead atoms. The number of fused-ring (bicyclic) bond motifs is 1. The second-order valence-corrected chi connectivity index (χ2v) is 6.30. The van der Waals surface area contributed by atoms with E-state index in [4.69, 9.17) is 10.5 Å². The van der Waals surface area contributed by atoms with Crippen molar-refractivity contribution in [3.8, 4) is 5.75 Å². The lowest BCUT2D eigenvalue weighted by Gasteiger charge is -2.34. The van der Waals surface area contributed by atoms with Gasteiger partial charge in [-0.2, -0.15) is 0 Å². The van der Waals surface area contributed by atoms with Crippen LogP contribution in [0.5, 0.6) is 5.75 Å². The first-order chi connectivity index (χ1) is 9.65. The summed E-state index contributed by atoms with van der Waals surface area (Å²) in [6, 6.07) is 16.6. The molecule has 104 valence electrons. The molecule has 0 aliphatic carbocycles. The second kappa shape index (κ2) is 5.58. The Morgan fingerprint density at radius 2 is 1.95 bits per heavy atom. The van der Waals surface area contributed by atoms with E-state index < -0.39 is 0 Å². The minimum atomic E-state index is 0.0346. The van der Waals surface area contributed by atoms with Gasteiger partial charge in [0.1, 0.15) is 11.9 Å². The van der Waals surface area contributed by atoms with Crippen LogP contribution in [0.3, 0.4) is 0 Å². The summed E-state index contributed by atoms with van der Waals surface area (Å²) in [5.74, 6) is 1.25. The van der Waals surface area contributed by atoms with Crippen molar-refractivity contribution >= 4 is 15.9 Å². The van der Waals surface area contributed by atoms with Gasteiger partial charge < -0.3 is 10.5 Å². The smallest absolute Gasteiger partial charge is 0.124 e. The van der Waals surface area contributed by atoms with E-state index in [1.165, 1.54) is 5.56 Å². The van der Waals surface area contributed by atoms with Gasteiger partial charge >= 0.3 is 0 Å². The van der Waals surface area contributed by atoms with E-state index in [0.717, 1.165) is 22.2 Å². The molecular weight excluding hydrogens is 314 g/mol. The van der Waals surface area contributed by atoms with Gasteiger partial charge in [0, 0.05) is 28.4 Å². The van der Waals surface area contributed by atoms with Gasteiger partial charge in [-0.1, -0.05) is 53.2 Å². The summed E-state index contributed by atoms with van der Waals surface area (Å²) in [5.41, 5.74) is 8.71. The zero-order valence-electron chi connectivity index (χ0n) is 11.4. The molecule has 0 aromatic heterocycles. The molecule has 0 saturated heterocycles. The molecule has 3 heteroatoms. The molecule has 1 aliphatic heterocycles. The number of ether oxygens (including phenoxy) is 1. The predicted octanol–water partition coefficient (Wildman–Crippen LogP) is 4.40. The molecule has 3 rings (SSSR count). The third-order valence-electron chi connectivity index (χ3n) is 4.02. The highest BCUT2D eigenvalue weighted by molar-refractivity contribution is 9.10. The average Bonchev–Trinajstić information content (AvgIpc) is 2.48. The van der Waals surface area contributed by atoms with E-state index in [-0.39, 0.29) is 12.1 Å². The topological polar surface area (TPSA) is 35.2 Å². The minimum Gasteiger partial charge on any atom is -0.489 e. The maximum Gasteiger partial charge on any atom is 0.124 e. The molecule has 0 fully saturated rings. The van der Waals surface area contributed by atoms with Crippen LogP contribution >= 0.6 is 15.9 Å². The summed E-state index contributed by atoms with van der Waals surface area (Å²) >= 11 is 3.49. The normalized spacial score (nSPS) is 22.8. The van der Waals surface area contributed by atoms with Gasteiger partial charge in [0.05, 0.1) is 0 Å². The minimum absolute atomic E-state index is 0.0346. The van der Waals surface area contributed by atoms with Crippen LogP contribution in [0.1, 0.15) is 36.4 Å². The lowest BCUT2D eigenvalue weighted by molar-refractivity contribution is 0.136. The molecule has 2 nitrogen and oxygen atoms in total. The van der Waals surface area contributed by atoms with Crippen molar-refractivity contribution in [2.45, 2.75) is 31.4 Å². The molecule has 0 spiro atoms. The average molecular weight is 332 g/mol. The Morgan fingerprint density at radius 3 is 2.70 bits per heavy atom. The molecular formula is C17H18BrNO. The number of benzene rings is 2. The van der Waals surface area contributed by atoms with Gasteiger partial charge in [-0.05, 0) is 23.8 Å². The largest absolute Gasteiger partial charge is 0.489 e. The molecule has 1 aliphatic rings. The second-order valence-electron chi connectivity index (χ2n) is 5.38. The summed E-state index contributed by atoms with van der Waals surface area (Å²) in [4.78, 5) is 0. The Labute approximate surface area is 128 Å². The molecule has 20 heavy (non-hydrogen) atoms. The first kappa shape index (κ1) is 13.7. The van der Waals surface area contributed by atoms with Crippen LogP contribution in [0, 0.1) is 0 Å². The molecule has 2 unspecified atom stereocenters. The Kier molecular flexibility index (Phi) is 3.81. The van der Waals surface area contributed by atoms with Crippen molar-refractivity contribution < 1.29 is 4.74 Å². The van der Waals surface area contributed by atoms with Gasteiger partial charge in [0.2, 0.25) is 0 Å². The first-order valence-corrected chi connectivity index (χ1v) is 7.71. The van der Waals surface area contributed by atoms with Crippen LogP contribution in [0.2, 0.25) is 0 Å². The number of rotatable bonds is 2. The van der Waals surface area contributed by atoms with Crippen molar-refractivity contribution in [2.75, 3.05) is 0 Å². The van der Waals surface area contributed by atoms with E-state index in [0.29, 0.717) is 5.92 Å². The Bertz CT molecular complexity index is 599. The highest BCUT2D eigenvalue weighted by atomic mass is 79.9. The number of nitrogens with two attached hydrogens (primary N) is 1. The van der Waals surface area contributed by atoms with E-state index in [9.17, 15) is 0 Å². The van der Waals surface area contributed by atoms with Crippen LogP contribution in [-0.4, -0.2) is 6.10 Å². The molecule has 2 aromatic rings. The maximum absolute atomic E-state index is 6.32. The first-order valence-electron chi connectivity index (χ1n) is 6.92. The van der Waals surface area contributed by atoms with Crippen LogP contribution in [-0.2, 0) is 0 Å². The molecule has 0 radical (unpaired) electrons. The lowest BCUT2D eigenvalue weighted by Crippen LogP contribution is -2.33. The zero-order chi connectivity index (χ0) is 14.1. The third kappa shape index (κ3) is 2.60. The summed E-state index contributed by atoms with van der Waals surface area (Å²) < 4.78 is 7.22. The van der Waals surface area contributed by atoms with E-state index in [2.05, 4.69) is 53.2 Å². The molecule has 0 amide bonds. The van der Waals surface area contributed by atoms with Crippen molar-refractivity contribution in [2.24, 2.45) is 5.73 Å². The van der Waals surface area contributed by atoms with Gasteiger partial charge in [-0.25, -0.2) is 0 Å². The van der Waals surface area contributed by atoms with Crippen molar-refractivity contribution in [3.63, 3.8) is 0 Å². The molecule has 2 N–H and O–H groups in total. The van der Waals surface area contributed by atoms with Crippen LogP contribution in [0.4, 0.5) is 0 Å². The lowest BCUT2D eigenvalue weighted by atomic mass is 9.87. The molecule has 0 saturated carbocycles. The van der Waals surface area contributed by atoms with Crippen LogP contribution < -0.4 is 10.5 Å². The highest BCUT2D eigenvalue weighted by Crippen LogP contribution is 2.39. The standard InChI is InChI=1S/C17H18BrNO/c1-11(12-5-3-2-4-6-12)17-10-15(19)14-9-13(18)7-8-16(14)20-17/h2-9,11,15,17H,10,19H2,1H3/t11?,15-,17?/m1/s1. The van der Waals surface area contributed by atoms with Gasteiger partial charge in [0.25, 0.3) is 0 Å². The van der Waals surface area contributed by atoms with Crippen LogP contribution in [0.15, 0.2) is 53.0 Å². The fourth-order valence-electron chi connectivity index (χ4n) is 2.78. The predicted molar refractivity (Wildman–Crippen MR) is 85.0 cm³/mol. The fourth-order valence-corrected chi connectivity index (χ4v) is 3.16. The van der Waals surface area contributed by atoms with E-state index >= 15 is 0 Å². The number of hydrogen-bond donors (Lipinski definition) is 1. The van der Waals surface area contributed by atoms with Crippen molar-refractivity contribution in [1.82, 2.24) is 0 Å². The number of hydrogen-bond acceptors (Lipinski definition) is 2. The van der Waals surface area contributed by atoms with E-state index in [1.54, 1.807) is 0 Å². The monoisotopic (exact) mass is 331 g/mol. The summed E-state index contributed by atoms with van der Waals surface area (Å²) in [6.07, 6.45) is 0.973. The zero-order valence-corrected chi connectivity index (χ0v) is 13.0. The van der Waals surface area contributed by atoms with Gasteiger partial charge in [-0.3, -0.25) is 0 Å².